The van der Waals surface area contributed by atoms with E-state index in [1.807, 2.05) is 36.4 Å². The molecule has 11 heteroatoms. The molecule has 0 spiro atoms. The molecule has 3 rings (SSSR count). The molecular weight excluding hydrogens is 452 g/mol. The summed E-state index contributed by atoms with van der Waals surface area (Å²) in [4.78, 5) is 23.7. The molecule has 0 bridgehead atoms. The summed E-state index contributed by atoms with van der Waals surface area (Å²) in [5, 5.41) is 14.3. The van der Waals surface area contributed by atoms with Crippen molar-refractivity contribution in [3.63, 3.8) is 0 Å². The third kappa shape index (κ3) is 9.14. The quantitative estimate of drug-likeness (QED) is 0.259. The summed E-state index contributed by atoms with van der Waals surface area (Å²) in [6, 6.07) is 18.4. The predicted octanol–water partition coefficient (Wildman–Crippen LogP) is 1.54. The number of ether oxygens (including phenoxy) is 3. The highest BCUT2D eigenvalue weighted by atomic mass is 16.5. The number of unbranched alkanes of at least 4 members (excludes halogenated alkanes) is 1. The maximum atomic E-state index is 11.9. The maximum absolute atomic E-state index is 11.9. The van der Waals surface area contributed by atoms with E-state index in [2.05, 4.69) is 26.6 Å². The highest BCUT2D eigenvalue weighted by Gasteiger charge is 2.19. The number of hydrogen-bond donors (Lipinski definition) is 2. The van der Waals surface area contributed by atoms with Crippen molar-refractivity contribution in [2.24, 2.45) is 0 Å². The second-order valence-electron chi connectivity index (χ2n) is 7.73. The molecule has 3 aromatic rings. The van der Waals surface area contributed by atoms with Crippen LogP contribution < -0.4 is 11.1 Å². The molecule has 0 saturated heterocycles. The molecule has 186 valence electrons. The lowest BCUT2D eigenvalue weighted by Crippen LogP contribution is -2.56. The van der Waals surface area contributed by atoms with Crippen LogP contribution >= 0.6 is 0 Å². The van der Waals surface area contributed by atoms with Crippen molar-refractivity contribution < 1.29 is 29.5 Å². The summed E-state index contributed by atoms with van der Waals surface area (Å²) < 4.78 is 17.7. The van der Waals surface area contributed by atoms with Crippen molar-refractivity contribution in [3.8, 4) is 0 Å². The minimum atomic E-state index is -0.529. The molecule has 1 aromatic heterocycles. The van der Waals surface area contributed by atoms with E-state index in [-0.39, 0.29) is 25.2 Å². The predicted molar refractivity (Wildman–Crippen MR) is 125 cm³/mol. The minimum absolute atomic E-state index is 0.107. The lowest BCUT2D eigenvalue weighted by Gasteiger charge is -2.11. The van der Waals surface area contributed by atoms with Crippen LogP contribution in [-0.4, -0.2) is 58.6 Å². The first-order chi connectivity index (χ1) is 17.1. The number of carbonyl (C=O) groups is 2. The third-order valence-corrected chi connectivity index (χ3v) is 4.97. The van der Waals surface area contributed by atoms with Crippen molar-refractivity contribution in [1.82, 2.24) is 25.5 Å². The van der Waals surface area contributed by atoms with E-state index in [1.165, 1.54) is 0 Å². The van der Waals surface area contributed by atoms with Crippen LogP contribution in [0.4, 0.5) is 4.79 Å². The number of tetrazole rings is 1. The summed E-state index contributed by atoms with van der Waals surface area (Å²) >= 11 is 0. The fourth-order valence-corrected chi connectivity index (χ4v) is 3.15. The number of hydrogen-bond acceptors (Lipinski definition) is 8. The topological polar surface area (TPSA) is 145 Å². The van der Waals surface area contributed by atoms with E-state index in [9.17, 15) is 9.59 Å². The monoisotopic (exact) mass is 483 g/mol. The Kier molecular flexibility index (Phi) is 10.6. The molecule has 0 aliphatic carbocycles. The Morgan fingerprint density at radius 2 is 1.71 bits per heavy atom. The Morgan fingerprint density at radius 1 is 0.971 bits per heavy atom. The van der Waals surface area contributed by atoms with Gasteiger partial charge in [-0.1, -0.05) is 48.5 Å². The first-order valence-electron chi connectivity index (χ1n) is 11.5. The van der Waals surface area contributed by atoms with Gasteiger partial charge < -0.3 is 25.3 Å². The molecule has 1 amide bonds. The van der Waals surface area contributed by atoms with Gasteiger partial charge in [0.15, 0.2) is 6.04 Å². The Labute approximate surface area is 203 Å². The van der Waals surface area contributed by atoms with E-state index < -0.39 is 6.09 Å². The van der Waals surface area contributed by atoms with Gasteiger partial charge >= 0.3 is 12.1 Å². The molecule has 0 aliphatic heterocycles. The SMILES string of the molecule is [NH3+]C(COCc1ccccc1)c1nnnn1CCOC(=O)NCCCCOC(=O)c1ccccc1. The molecule has 0 saturated carbocycles. The van der Waals surface area contributed by atoms with E-state index in [0.29, 0.717) is 50.5 Å². The Bertz CT molecular complexity index is 1030. The smallest absolute Gasteiger partial charge is 0.407 e. The van der Waals surface area contributed by atoms with Crippen LogP contribution in [0.3, 0.4) is 0 Å². The number of rotatable bonds is 14. The first kappa shape index (κ1) is 25.8. The van der Waals surface area contributed by atoms with Crippen LogP contribution in [0, 0.1) is 0 Å². The lowest BCUT2D eigenvalue weighted by atomic mass is 10.2. The second kappa shape index (κ2) is 14.4. The van der Waals surface area contributed by atoms with Gasteiger partial charge in [-0.25, -0.2) is 14.3 Å². The van der Waals surface area contributed by atoms with Crippen molar-refractivity contribution in [2.45, 2.75) is 32.0 Å². The van der Waals surface area contributed by atoms with Gasteiger partial charge in [-0.2, -0.15) is 0 Å². The third-order valence-electron chi connectivity index (χ3n) is 4.97. The first-order valence-corrected chi connectivity index (χ1v) is 11.5. The maximum Gasteiger partial charge on any atom is 0.407 e. The van der Waals surface area contributed by atoms with Crippen LogP contribution in [0.15, 0.2) is 60.7 Å². The van der Waals surface area contributed by atoms with Crippen LogP contribution in [0.25, 0.3) is 0 Å². The molecule has 4 N–H and O–H groups in total. The number of carbonyl (C=O) groups excluding carboxylic acids is 2. The molecule has 2 aromatic carbocycles. The molecule has 35 heavy (non-hydrogen) atoms. The summed E-state index contributed by atoms with van der Waals surface area (Å²) in [5.74, 6) is 0.208. The molecule has 1 heterocycles. The summed E-state index contributed by atoms with van der Waals surface area (Å²) in [6.07, 6.45) is 0.753. The van der Waals surface area contributed by atoms with E-state index in [0.717, 1.165) is 5.56 Å². The number of quaternary nitrogens is 1. The Hall–Kier alpha value is -3.83. The molecule has 0 fully saturated rings. The Morgan fingerprint density at radius 3 is 2.49 bits per heavy atom. The van der Waals surface area contributed by atoms with Gasteiger partial charge in [0, 0.05) is 6.54 Å². The largest absolute Gasteiger partial charge is 0.462 e. The van der Waals surface area contributed by atoms with Gasteiger partial charge in [-0.3, -0.25) is 0 Å². The summed E-state index contributed by atoms with van der Waals surface area (Å²) in [5.41, 5.74) is 5.66. The molecule has 1 atom stereocenters. The van der Waals surface area contributed by atoms with E-state index in [4.69, 9.17) is 14.2 Å². The lowest BCUT2D eigenvalue weighted by molar-refractivity contribution is -0.437. The number of benzene rings is 2. The number of esters is 1. The van der Waals surface area contributed by atoms with Gasteiger partial charge in [0.2, 0.25) is 5.82 Å². The molecule has 11 nitrogen and oxygen atoms in total. The van der Waals surface area contributed by atoms with Gasteiger partial charge in [0.1, 0.15) is 13.2 Å². The van der Waals surface area contributed by atoms with Crippen LogP contribution in [0.2, 0.25) is 0 Å². The molecule has 1 unspecified atom stereocenters. The fraction of sp³-hybridized carbons (Fsp3) is 0.375. The van der Waals surface area contributed by atoms with Crippen molar-refractivity contribution >= 4 is 12.1 Å². The average Bonchev–Trinajstić information content (AvgIpc) is 3.36. The van der Waals surface area contributed by atoms with E-state index in [1.54, 1.807) is 28.9 Å². The van der Waals surface area contributed by atoms with Crippen molar-refractivity contribution in [3.05, 3.63) is 77.6 Å². The van der Waals surface area contributed by atoms with Crippen LogP contribution in [0.5, 0.6) is 0 Å². The number of amides is 1. The van der Waals surface area contributed by atoms with Crippen LogP contribution in [-0.2, 0) is 27.4 Å². The molecule has 0 aliphatic rings. The fourth-order valence-electron chi connectivity index (χ4n) is 3.15. The number of nitrogens with zero attached hydrogens (tertiary/aromatic N) is 4. The average molecular weight is 484 g/mol. The minimum Gasteiger partial charge on any atom is -0.462 e. The number of alkyl carbamates (subject to hydrolysis) is 1. The zero-order chi connectivity index (χ0) is 24.7. The Balaban J connectivity index is 1.25. The van der Waals surface area contributed by atoms with Gasteiger partial charge in [0.25, 0.3) is 0 Å². The van der Waals surface area contributed by atoms with Crippen molar-refractivity contribution in [2.75, 3.05) is 26.4 Å². The number of aromatic nitrogens is 4. The summed E-state index contributed by atoms with van der Waals surface area (Å²) in [6.45, 7) is 1.95. The highest BCUT2D eigenvalue weighted by molar-refractivity contribution is 5.89. The van der Waals surface area contributed by atoms with Gasteiger partial charge in [0.05, 0.1) is 25.3 Å². The number of nitrogens with one attached hydrogen (secondary N) is 1. The van der Waals surface area contributed by atoms with Gasteiger partial charge in [-0.15, -0.1) is 5.10 Å². The zero-order valence-electron chi connectivity index (χ0n) is 19.5. The normalized spacial score (nSPS) is 11.6. The zero-order valence-corrected chi connectivity index (χ0v) is 19.5. The van der Waals surface area contributed by atoms with Gasteiger partial charge in [-0.05, 0) is 41.0 Å². The highest BCUT2D eigenvalue weighted by Crippen LogP contribution is 2.07. The van der Waals surface area contributed by atoms with E-state index >= 15 is 0 Å². The molecule has 0 radical (unpaired) electrons. The molecular formula is C24H31N6O5+. The summed E-state index contributed by atoms with van der Waals surface area (Å²) in [7, 11) is 0. The second-order valence-corrected chi connectivity index (χ2v) is 7.73. The standard InChI is InChI=1S/C24H30N6O5/c25-21(18-33-17-19-9-3-1-4-10-19)22-27-28-29-30(22)14-16-35-24(32)26-13-7-8-15-34-23(31)20-11-5-2-6-12-20/h1-6,9-12,21H,7-8,13-18,25H2,(H,26,32)/p+1. The van der Waals surface area contributed by atoms with Crippen molar-refractivity contribution in [1.29, 1.82) is 0 Å². The van der Waals surface area contributed by atoms with Crippen LogP contribution in [0.1, 0.15) is 40.6 Å².